The Morgan fingerprint density at radius 2 is 2.06 bits per heavy atom. The maximum atomic E-state index is 10.4. The average molecular weight is 266 g/mol. The second-order valence-corrected chi connectivity index (χ2v) is 4.15. The van der Waals surface area contributed by atoms with Gasteiger partial charge in [-0.15, -0.1) is 0 Å². The Balaban J connectivity index is 2.06. The summed E-state index contributed by atoms with van der Waals surface area (Å²) in [6, 6.07) is 11.0. The van der Waals surface area contributed by atoms with Gasteiger partial charge in [0.25, 0.3) is 0 Å². The molecule has 18 heavy (non-hydrogen) atoms. The zero-order valence-electron chi connectivity index (χ0n) is 9.52. The Bertz CT molecular complexity index is 551. The number of halogens is 1. The molecule has 5 heteroatoms. The van der Waals surface area contributed by atoms with Crippen LogP contribution in [0.15, 0.2) is 40.8 Å². The molecule has 0 unspecified atom stereocenters. The van der Waals surface area contributed by atoms with Crippen LogP contribution in [0.3, 0.4) is 0 Å². The van der Waals surface area contributed by atoms with Crippen LogP contribution in [0.5, 0.6) is 0 Å². The SMILES string of the molecule is O=C(O)CNCc1ccc(-c2ccccc2Cl)o1. The highest BCUT2D eigenvalue weighted by Gasteiger charge is 2.08. The van der Waals surface area contributed by atoms with E-state index in [0.717, 1.165) is 5.56 Å². The largest absolute Gasteiger partial charge is 0.480 e. The molecule has 0 aliphatic heterocycles. The minimum Gasteiger partial charge on any atom is -0.480 e. The molecule has 2 rings (SSSR count). The summed E-state index contributed by atoms with van der Waals surface area (Å²) in [7, 11) is 0. The van der Waals surface area contributed by atoms with E-state index < -0.39 is 5.97 Å². The van der Waals surface area contributed by atoms with E-state index in [1.807, 2.05) is 24.3 Å². The number of carboxylic acids is 1. The molecule has 0 aliphatic carbocycles. The average Bonchev–Trinajstić information content (AvgIpc) is 2.78. The van der Waals surface area contributed by atoms with Crippen molar-refractivity contribution in [1.29, 1.82) is 0 Å². The van der Waals surface area contributed by atoms with Gasteiger partial charge in [-0.1, -0.05) is 23.7 Å². The fourth-order valence-corrected chi connectivity index (χ4v) is 1.80. The molecule has 2 N–H and O–H groups in total. The zero-order valence-corrected chi connectivity index (χ0v) is 10.3. The third kappa shape index (κ3) is 3.12. The molecule has 2 aromatic rings. The summed E-state index contributed by atoms with van der Waals surface area (Å²) in [5.74, 6) is 0.451. The van der Waals surface area contributed by atoms with Gasteiger partial charge < -0.3 is 9.52 Å². The van der Waals surface area contributed by atoms with Gasteiger partial charge in [0.2, 0.25) is 0 Å². The van der Waals surface area contributed by atoms with Gasteiger partial charge in [0.15, 0.2) is 0 Å². The van der Waals surface area contributed by atoms with E-state index in [1.165, 1.54) is 0 Å². The van der Waals surface area contributed by atoms with Crippen molar-refractivity contribution in [3.63, 3.8) is 0 Å². The van der Waals surface area contributed by atoms with Gasteiger partial charge in [-0.05, 0) is 24.3 Å². The zero-order chi connectivity index (χ0) is 13.0. The highest BCUT2D eigenvalue weighted by atomic mass is 35.5. The molecule has 1 heterocycles. The monoisotopic (exact) mass is 265 g/mol. The predicted molar refractivity (Wildman–Crippen MR) is 68.5 cm³/mol. The van der Waals surface area contributed by atoms with Crippen molar-refractivity contribution in [1.82, 2.24) is 5.32 Å². The molecule has 0 aliphatic rings. The molecule has 0 bridgehead atoms. The van der Waals surface area contributed by atoms with Crippen molar-refractivity contribution in [2.75, 3.05) is 6.54 Å². The molecule has 0 fully saturated rings. The molecule has 1 aromatic carbocycles. The summed E-state index contributed by atoms with van der Waals surface area (Å²) in [5, 5.41) is 11.9. The molecule has 4 nitrogen and oxygen atoms in total. The summed E-state index contributed by atoms with van der Waals surface area (Å²) >= 11 is 6.06. The van der Waals surface area contributed by atoms with Crippen LogP contribution in [0.1, 0.15) is 5.76 Å². The summed E-state index contributed by atoms with van der Waals surface area (Å²) in [6.45, 7) is 0.277. The first-order valence-electron chi connectivity index (χ1n) is 5.43. The van der Waals surface area contributed by atoms with E-state index >= 15 is 0 Å². The summed E-state index contributed by atoms with van der Waals surface area (Å²) in [6.07, 6.45) is 0. The van der Waals surface area contributed by atoms with Gasteiger partial charge in [0, 0.05) is 5.56 Å². The van der Waals surface area contributed by atoms with Crippen LogP contribution in [-0.2, 0) is 11.3 Å². The molecule has 94 valence electrons. The Kier molecular flexibility index (Phi) is 4.02. The van der Waals surface area contributed by atoms with E-state index in [1.54, 1.807) is 12.1 Å². The van der Waals surface area contributed by atoms with Crippen LogP contribution >= 0.6 is 11.6 Å². The first kappa shape index (κ1) is 12.7. The third-order valence-corrected chi connectivity index (χ3v) is 2.71. The highest BCUT2D eigenvalue weighted by Crippen LogP contribution is 2.28. The molecular weight excluding hydrogens is 254 g/mol. The summed E-state index contributed by atoms with van der Waals surface area (Å²) < 4.78 is 5.59. The molecule has 0 amide bonds. The van der Waals surface area contributed by atoms with Crippen molar-refractivity contribution in [2.45, 2.75) is 6.54 Å². The minimum atomic E-state index is -0.895. The topological polar surface area (TPSA) is 62.5 Å². The van der Waals surface area contributed by atoms with Gasteiger partial charge in [-0.25, -0.2) is 0 Å². The number of hydrogen-bond donors (Lipinski definition) is 2. The highest BCUT2D eigenvalue weighted by molar-refractivity contribution is 6.33. The van der Waals surface area contributed by atoms with Crippen LogP contribution in [0.25, 0.3) is 11.3 Å². The molecule has 1 aromatic heterocycles. The molecule has 0 saturated heterocycles. The number of carboxylic acid groups (broad SMARTS) is 1. The maximum absolute atomic E-state index is 10.4. The molecule has 0 spiro atoms. The van der Waals surface area contributed by atoms with Crippen LogP contribution in [0.4, 0.5) is 0 Å². The summed E-state index contributed by atoms with van der Waals surface area (Å²) in [4.78, 5) is 10.4. The molecule has 0 radical (unpaired) electrons. The van der Waals surface area contributed by atoms with Gasteiger partial charge >= 0.3 is 5.97 Å². The second kappa shape index (κ2) is 5.71. The lowest BCUT2D eigenvalue weighted by molar-refractivity contribution is -0.136. The standard InChI is InChI=1S/C13H12ClNO3/c14-11-4-2-1-3-10(11)12-6-5-9(18-12)7-15-8-13(16)17/h1-6,15H,7-8H2,(H,16,17). The fourth-order valence-electron chi connectivity index (χ4n) is 1.57. The normalized spacial score (nSPS) is 10.5. The van der Waals surface area contributed by atoms with Gasteiger partial charge in [-0.3, -0.25) is 10.1 Å². The quantitative estimate of drug-likeness (QED) is 0.873. The number of carbonyl (C=O) groups is 1. The Labute approximate surface area is 109 Å². The Morgan fingerprint density at radius 3 is 2.78 bits per heavy atom. The van der Waals surface area contributed by atoms with Crippen LogP contribution in [0, 0.1) is 0 Å². The van der Waals surface area contributed by atoms with Crippen molar-refractivity contribution in [3.8, 4) is 11.3 Å². The van der Waals surface area contributed by atoms with E-state index in [-0.39, 0.29) is 6.54 Å². The Morgan fingerprint density at radius 1 is 1.28 bits per heavy atom. The molecule has 0 atom stereocenters. The lowest BCUT2D eigenvalue weighted by Gasteiger charge is -2.00. The lowest BCUT2D eigenvalue weighted by Crippen LogP contribution is -2.21. The first-order valence-corrected chi connectivity index (χ1v) is 5.81. The maximum Gasteiger partial charge on any atom is 0.317 e. The van der Waals surface area contributed by atoms with Crippen molar-refractivity contribution >= 4 is 17.6 Å². The van der Waals surface area contributed by atoms with Crippen molar-refractivity contribution in [2.24, 2.45) is 0 Å². The fraction of sp³-hybridized carbons (Fsp3) is 0.154. The van der Waals surface area contributed by atoms with Gasteiger partial charge in [0.05, 0.1) is 18.1 Å². The van der Waals surface area contributed by atoms with Crippen LogP contribution in [0.2, 0.25) is 5.02 Å². The molecule has 0 saturated carbocycles. The first-order chi connectivity index (χ1) is 8.66. The number of furan rings is 1. The van der Waals surface area contributed by atoms with E-state index in [2.05, 4.69) is 5.32 Å². The lowest BCUT2D eigenvalue weighted by atomic mass is 10.2. The molecular formula is C13H12ClNO3. The number of hydrogen-bond acceptors (Lipinski definition) is 3. The van der Waals surface area contributed by atoms with Gasteiger partial charge in [0.1, 0.15) is 11.5 Å². The second-order valence-electron chi connectivity index (χ2n) is 3.74. The van der Waals surface area contributed by atoms with E-state index in [4.69, 9.17) is 21.1 Å². The Hall–Kier alpha value is -1.78. The summed E-state index contributed by atoms with van der Waals surface area (Å²) in [5.41, 5.74) is 0.823. The minimum absolute atomic E-state index is 0.0951. The number of benzene rings is 1. The van der Waals surface area contributed by atoms with Crippen LogP contribution < -0.4 is 5.32 Å². The van der Waals surface area contributed by atoms with Crippen molar-refractivity contribution in [3.05, 3.63) is 47.2 Å². The predicted octanol–water partition coefficient (Wildman–Crippen LogP) is 2.77. The van der Waals surface area contributed by atoms with Crippen molar-refractivity contribution < 1.29 is 14.3 Å². The number of rotatable bonds is 5. The third-order valence-electron chi connectivity index (χ3n) is 2.38. The van der Waals surface area contributed by atoms with E-state index in [0.29, 0.717) is 23.1 Å². The van der Waals surface area contributed by atoms with Gasteiger partial charge in [-0.2, -0.15) is 0 Å². The number of aliphatic carboxylic acids is 1. The number of nitrogens with one attached hydrogen (secondary N) is 1. The van der Waals surface area contributed by atoms with Crippen LogP contribution in [-0.4, -0.2) is 17.6 Å². The smallest absolute Gasteiger partial charge is 0.317 e. The van der Waals surface area contributed by atoms with E-state index in [9.17, 15) is 4.79 Å².